The van der Waals surface area contributed by atoms with Gasteiger partial charge in [-0.15, -0.1) is 0 Å². The molecule has 2 rings (SSSR count). The SMILES string of the molecule is Cc1cnc2c(c1)nc(C(C)C)n2C(C)C. The molecule has 0 aliphatic heterocycles. The van der Waals surface area contributed by atoms with E-state index in [1.54, 1.807) is 0 Å². The number of aromatic nitrogens is 3. The van der Waals surface area contributed by atoms with Gasteiger partial charge >= 0.3 is 0 Å². The summed E-state index contributed by atoms with van der Waals surface area (Å²) in [7, 11) is 0. The van der Waals surface area contributed by atoms with Crippen LogP contribution in [0, 0.1) is 6.92 Å². The Labute approximate surface area is 96.5 Å². The molecule has 0 saturated heterocycles. The van der Waals surface area contributed by atoms with Crippen LogP contribution in [-0.2, 0) is 0 Å². The van der Waals surface area contributed by atoms with Gasteiger partial charge in [-0.05, 0) is 32.4 Å². The normalized spacial score (nSPS) is 11.9. The summed E-state index contributed by atoms with van der Waals surface area (Å²) in [5.74, 6) is 1.56. The summed E-state index contributed by atoms with van der Waals surface area (Å²) >= 11 is 0. The summed E-state index contributed by atoms with van der Waals surface area (Å²) in [5, 5.41) is 0. The van der Waals surface area contributed by atoms with E-state index in [-0.39, 0.29) is 0 Å². The predicted octanol–water partition coefficient (Wildman–Crippen LogP) is 3.44. The maximum absolute atomic E-state index is 4.69. The van der Waals surface area contributed by atoms with E-state index in [9.17, 15) is 0 Å². The molecule has 2 aromatic rings. The van der Waals surface area contributed by atoms with Crippen LogP contribution >= 0.6 is 0 Å². The van der Waals surface area contributed by atoms with Crippen LogP contribution in [0.2, 0.25) is 0 Å². The minimum Gasteiger partial charge on any atom is -0.310 e. The lowest BCUT2D eigenvalue weighted by Crippen LogP contribution is -2.08. The standard InChI is InChI=1S/C13H19N3/c1-8(2)12-15-11-6-10(5)7-14-13(11)16(12)9(3)4/h6-9H,1-5H3. The highest BCUT2D eigenvalue weighted by molar-refractivity contribution is 5.72. The van der Waals surface area contributed by atoms with Gasteiger partial charge in [0, 0.05) is 18.2 Å². The van der Waals surface area contributed by atoms with Gasteiger partial charge in [0.25, 0.3) is 0 Å². The molecule has 0 saturated carbocycles. The maximum atomic E-state index is 4.69. The van der Waals surface area contributed by atoms with E-state index in [1.165, 1.54) is 0 Å². The molecule has 16 heavy (non-hydrogen) atoms. The molecule has 0 N–H and O–H groups in total. The summed E-state index contributed by atoms with van der Waals surface area (Å²) in [4.78, 5) is 9.20. The van der Waals surface area contributed by atoms with Crippen LogP contribution in [0.4, 0.5) is 0 Å². The zero-order valence-corrected chi connectivity index (χ0v) is 10.7. The number of hydrogen-bond donors (Lipinski definition) is 0. The van der Waals surface area contributed by atoms with E-state index in [1.807, 2.05) is 6.20 Å². The molecular weight excluding hydrogens is 198 g/mol. The van der Waals surface area contributed by atoms with Gasteiger partial charge in [-0.1, -0.05) is 13.8 Å². The molecule has 2 heterocycles. The summed E-state index contributed by atoms with van der Waals surface area (Å²) < 4.78 is 2.24. The highest BCUT2D eigenvalue weighted by atomic mass is 15.1. The number of rotatable bonds is 2. The first-order valence-corrected chi connectivity index (χ1v) is 5.85. The highest BCUT2D eigenvalue weighted by Gasteiger charge is 2.16. The average Bonchev–Trinajstić information content (AvgIpc) is 2.55. The molecule has 0 unspecified atom stereocenters. The third-order valence-corrected chi connectivity index (χ3v) is 2.73. The van der Waals surface area contributed by atoms with E-state index in [0.717, 1.165) is 22.6 Å². The molecule has 0 atom stereocenters. The molecule has 0 spiro atoms. The second-order valence-electron chi connectivity index (χ2n) is 4.94. The van der Waals surface area contributed by atoms with Crippen molar-refractivity contribution in [2.24, 2.45) is 0 Å². The summed E-state index contributed by atoms with van der Waals surface area (Å²) in [6, 6.07) is 2.50. The first-order valence-electron chi connectivity index (χ1n) is 5.85. The molecular formula is C13H19N3. The molecule has 0 radical (unpaired) electrons. The molecule has 3 nitrogen and oxygen atoms in total. The lowest BCUT2D eigenvalue weighted by Gasteiger charge is -2.14. The Bertz CT molecular complexity index is 509. The Hall–Kier alpha value is -1.38. The molecule has 86 valence electrons. The number of imidazole rings is 1. The van der Waals surface area contributed by atoms with Gasteiger partial charge in [0.15, 0.2) is 5.65 Å². The van der Waals surface area contributed by atoms with Crippen molar-refractivity contribution in [2.75, 3.05) is 0 Å². The Morgan fingerprint density at radius 3 is 2.44 bits per heavy atom. The Kier molecular flexibility index (Phi) is 2.70. The number of aryl methyl sites for hydroxylation is 1. The molecule has 2 aromatic heterocycles. The quantitative estimate of drug-likeness (QED) is 0.771. The summed E-state index contributed by atoms with van der Waals surface area (Å²) in [6.45, 7) is 10.7. The van der Waals surface area contributed by atoms with Gasteiger partial charge in [0.2, 0.25) is 0 Å². The van der Waals surface area contributed by atoms with Crippen LogP contribution in [0.5, 0.6) is 0 Å². The number of hydrogen-bond acceptors (Lipinski definition) is 2. The first-order chi connectivity index (χ1) is 7.50. The van der Waals surface area contributed by atoms with Crippen LogP contribution in [-0.4, -0.2) is 14.5 Å². The van der Waals surface area contributed by atoms with Crippen molar-refractivity contribution in [1.29, 1.82) is 0 Å². The lowest BCUT2D eigenvalue weighted by molar-refractivity contribution is 0.561. The lowest BCUT2D eigenvalue weighted by atomic mass is 10.2. The molecule has 0 aromatic carbocycles. The van der Waals surface area contributed by atoms with Crippen LogP contribution in [0.25, 0.3) is 11.2 Å². The zero-order chi connectivity index (χ0) is 11.9. The Morgan fingerprint density at radius 2 is 1.88 bits per heavy atom. The van der Waals surface area contributed by atoms with Gasteiger partial charge in [0.05, 0.1) is 0 Å². The fraction of sp³-hybridized carbons (Fsp3) is 0.538. The monoisotopic (exact) mass is 217 g/mol. The molecule has 0 amide bonds. The maximum Gasteiger partial charge on any atom is 0.160 e. The topological polar surface area (TPSA) is 30.7 Å². The molecule has 0 bridgehead atoms. The van der Waals surface area contributed by atoms with Crippen molar-refractivity contribution in [3.63, 3.8) is 0 Å². The van der Waals surface area contributed by atoms with Crippen molar-refractivity contribution in [3.05, 3.63) is 23.7 Å². The van der Waals surface area contributed by atoms with Crippen molar-refractivity contribution in [3.8, 4) is 0 Å². The van der Waals surface area contributed by atoms with Crippen LogP contribution in [0.3, 0.4) is 0 Å². The van der Waals surface area contributed by atoms with Crippen LogP contribution in [0.15, 0.2) is 12.3 Å². The van der Waals surface area contributed by atoms with Gasteiger partial charge in [-0.25, -0.2) is 9.97 Å². The fourth-order valence-corrected chi connectivity index (χ4v) is 2.02. The van der Waals surface area contributed by atoms with Crippen molar-refractivity contribution in [2.45, 2.75) is 46.6 Å². The van der Waals surface area contributed by atoms with Crippen LogP contribution in [0.1, 0.15) is 51.0 Å². The highest BCUT2D eigenvalue weighted by Crippen LogP contribution is 2.24. The fourth-order valence-electron chi connectivity index (χ4n) is 2.02. The van der Waals surface area contributed by atoms with Gasteiger partial charge in [-0.2, -0.15) is 0 Å². The smallest absolute Gasteiger partial charge is 0.160 e. The first kappa shape index (κ1) is 11.1. The second kappa shape index (κ2) is 3.89. The van der Waals surface area contributed by atoms with Crippen molar-refractivity contribution < 1.29 is 0 Å². The Morgan fingerprint density at radius 1 is 1.19 bits per heavy atom. The van der Waals surface area contributed by atoms with Gasteiger partial charge < -0.3 is 4.57 Å². The van der Waals surface area contributed by atoms with Crippen LogP contribution < -0.4 is 0 Å². The minimum atomic E-state index is 0.401. The Balaban J connectivity index is 2.75. The largest absolute Gasteiger partial charge is 0.310 e. The van der Waals surface area contributed by atoms with Gasteiger partial charge in [-0.3, -0.25) is 0 Å². The molecule has 3 heteroatoms. The van der Waals surface area contributed by atoms with E-state index >= 15 is 0 Å². The summed E-state index contributed by atoms with van der Waals surface area (Å²) in [6.07, 6.45) is 1.91. The number of nitrogens with zero attached hydrogens (tertiary/aromatic N) is 3. The van der Waals surface area contributed by atoms with Crippen molar-refractivity contribution >= 4 is 11.2 Å². The minimum absolute atomic E-state index is 0.401. The molecule has 0 fully saturated rings. The third-order valence-electron chi connectivity index (χ3n) is 2.73. The number of fused-ring (bicyclic) bond motifs is 1. The summed E-state index contributed by atoms with van der Waals surface area (Å²) in [5.41, 5.74) is 3.18. The predicted molar refractivity (Wildman–Crippen MR) is 66.7 cm³/mol. The third kappa shape index (κ3) is 1.70. The second-order valence-corrected chi connectivity index (χ2v) is 4.94. The van der Waals surface area contributed by atoms with E-state index in [0.29, 0.717) is 12.0 Å². The molecule has 0 aliphatic rings. The zero-order valence-electron chi connectivity index (χ0n) is 10.7. The number of pyridine rings is 1. The van der Waals surface area contributed by atoms with Gasteiger partial charge in [0.1, 0.15) is 11.3 Å². The van der Waals surface area contributed by atoms with E-state index in [4.69, 9.17) is 4.98 Å². The van der Waals surface area contributed by atoms with E-state index in [2.05, 4.69) is 50.2 Å². The average molecular weight is 217 g/mol. The van der Waals surface area contributed by atoms with Crippen molar-refractivity contribution in [1.82, 2.24) is 14.5 Å². The molecule has 0 aliphatic carbocycles. The van der Waals surface area contributed by atoms with E-state index < -0.39 is 0 Å².